The summed E-state index contributed by atoms with van der Waals surface area (Å²) < 4.78 is 5.18. The van der Waals surface area contributed by atoms with Gasteiger partial charge in [-0.2, -0.15) is 0 Å². The zero-order valence-corrected chi connectivity index (χ0v) is 13.7. The Morgan fingerprint density at radius 3 is 2.39 bits per heavy atom. The molecular weight excluding hydrogens is 284 g/mol. The molecule has 0 N–H and O–H groups in total. The van der Waals surface area contributed by atoms with Gasteiger partial charge in [0.2, 0.25) is 0 Å². The molecule has 1 aliphatic carbocycles. The molecule has 118 valence electrons. The third-order valence-electron chi connectivity index (χ3n) is 4.50. The van der Waals surface area contributed by atoms with Crippen molar-refractivity contribution >= 4 is 11.9 Å². The molecule has 1 saturated carbocycles. The Labute approximate surface area is 137 Å². The lowest BCUT2D eigenvalue weighted by Gasteiger charge is -2.28. The minimum absolute atomic E-state index is 0.00977. The van der Waals surface area contributed by atoms with E-state index >= 15 is 0 Å². The van der Waals surface area contributed by atoms with Gasteiger partial charge in [0, 0.05) is 5.92 Å². The van der Waals surface area contributed by atoms with Crippen molar-refractivity contribution in [2.75, 3.05) is 7.11 Å². The Morgan fingerprint density at radius 2 is 1.74 bits per heavy atom. The second-order valence-corrected chi connectivity index (χ2v) is 6.32. The van der Waals surface area contributed by atoms with Gasteiger partial charge in [-0.15, -0.1) is 0 Å². The van der Waals surface area contributed by atoms with E-state index in [2.05, 4.69) is 19.1 Å². The monoisotopic (exact) mass is 306 g/mol. The van der Waals surface area contributed by atoms with Gasteiger partial charge in [0.05, 0.1) is 7.11 Å². The van der Waals surface area contributed by atoms with Crippen LogP contribution in [-0.2, 0) is 4.79 Å². The van der Waals surface area contributed by atoms with Crippen molar-refractivity contribution in [3.63, 3.8) is 0 Å². The summed E-state index contributed by atoms with van der Waals surface area (Å²) in [6.45, 7) is 2.23. The lowest BCUT2D eigenvalue weighted by atomic mass is 9.75. The molecule has 0 aromatic heterocycles. The standard InChI is InChI=1S/C21H22O2/c1-15-12-18(14-16-8-10-19(23-2)11-9-16)21(22)20(13-15)17-6-4-3-5-7-17/h3-11,14-15,20H,12-13H2,1-2H3. The van der Waals surface area contributed by atoms with Crippen LogP contribution < -0.4 is 4.74 Å². The second-order valence-electron chi connectivity index (χ2n) is 6.32. The number of ether oxygens (including phenoxy) is 1. The summed E-state index contributed by atoms with van der Waals surface area (Å²) in [6, 6.07) is 18.0. The van der Waals surface area contributed by atoms with Gasteiger partial charge >= 0.3 is 0 Å². The van der Waals surface area contributed by atoms with Crippen LogP contribution in [0.4, 0.5) is 0 Å². The van der Waals surface area contributed by atoms with Crippen LogP contribution in [0.25, 0.3) is 6.08 Å². The van der Waals surface area contributed by atoms with Crippen molar-refractivity contribution in [2.24, 2.45) is 5.92 Å². The molecule has 0 heterocycles. The van der Waals surface area contributed by atoms with Crippen LogP contribution >= 0.6 is 0 Å². The number of rotatable bonds is 3. The van der Waals surface area contributed by atoms with Gasteiger partial charge in [-0.05, 0) is 53.7 Å². The fourth-order valence-electron chi connectivity index (χ4n) is 3.30. The van der Waals surface area contributed by atoms with Gasteiger partial charge in [-0.1, -0.05) is 49.4 Å². The summed E-state index contributed by atoms with van der Waals surface area (Å²) in [4.78, 5) is 12.9. The van der Waals surface area contributed by atoms with Gasteiger partial charge in [0.25, 0.3) is 0 Å². The minimum atomic E-state index is -0.00977. The summed E-state index contributed by atoms with van der Waals surface area (Å²) in [5.74, 6) is 1.61. The molecule has 3 rings (SSSR count). The molecule has 2 nitrogen and oxygen atoms in total. The summed E-state index contributed by atoms with van der Waals surface area (Å²) in [5, 5.41) is 0. The maximum Gasteiger partial charge on any atom is 0.166 e. The van der Waals surface area contributed by atoms with E-state index in [0.29, 0.717) is 5.92 Å². The molecule has 1 aliphatic rings. The number of benzene rings is 2. The zero-order valence-electron chi connectivity index (χ0n) is 13.7. The highest BCUT2D eigenvalue weighted by atomic mass is 16.5. The first kappa shape index (κ1) is 15.5. The Morgan fingerprint density at radius 1 is 1.04 bits per heavy atom. The number of ketones is 1. The van der Waals surface area contributed by atoms with Crippen LogP contribution in [0, 0.1) is 5.92 Å². The summed E-state index contributed by atoms with van der Waals surface area (Å²) in [6.07, 6.45) is 3.82. The van der Waals surface area contributed by atoms with E-state index in [0.717, 1.165) is 35.3 Å². The lowest BCUT2D eigenvalue weighted by Crippen LogP contribution is -2.24. The van der Waals surface area contributed by atoms with Crippen molar-refractivity contribution in [1.82, 2.24) is 0 Å². The van der Waals surface area contributed by atoms with Gasteiger partial charge in [-0.25, -0.2) is 0 Å². The third-order valence-corrected chi connectivity index (χ3v) is 4.50. The highest BCUT2D eigenvalue weighted by Crippen LogP contribution is 2.37. The lowest BCUT2D eigenvalue weighted by molar-refractivity contribution is -0.118. The van der Waals surface area contributed by atoms with Gasteiger partial charge in [0.1, 0.15) is 5.75 Å². The molecule has 2 aromatic rings. The fraction of sp³-hybridized carbons (Fsp3) is 0.286. The molecule has 0 bridgehead atoms. The largest absolute Gasteiger partial charge is 0.497 e. The van der Waals surface area contributed by atoms with Crippen LogP contribution in [0.15, 0.2) is 60.2 Å². The van der Waals surface area contributed by atoms with Crippen molar-refractivity contribution < 1.29 is 9.53 Å². The van der Waals surface area contributed by atoms with Gasteiger partial charge in [-0.3, -0.25) is 4.79 Å². The maximum atomic E-state index is 12.9. The number of carbonyl (C=O) groups excluding carboxylic acids is 1. The fourth-order valence-corrected chi connectivity index (χ4v) is 3.30. The van der Waals surface area contributed by atoms with Crippen LogP contribution in [0.1, 0.15) is 36.8 Å². The summed E-state index contributed by atoms with van der Waals surface area (Å²) in [5.41, 5.74) is 3.11. The molecule has 0 spiro atoms. The molecular formula is C21H22O2. The molecule has 0 amide bonds. The van der Waals surface area contributed by atoms with Gasteiger partial charge < -0.3 is 4.74 Å². The molecule has 2 aromatic carbocycles. The van der Waals surface area contributed by atoms with Crippen LogP contribution in [0.3, 0.4) is 0 Å². The molecule has 0 radical (unpaired) electrons. The highest BCUT2D eigenvalue weighted by molar-refractivity contribution is 6.04. The van der Waals surface area contributed by atoms with E-state index in [1.807, 2.05) is 48.5 Å². The molecule has 0 saturated heterocycles. The van der Waals surface area contributed by atoms with Crippen molar-refractivity contribution in [3.8, 4) is 5.75 Å². The number of carbonyl (C=O) groups is 1. The van der Waals surface area contributed by atoms with Gasteiger partial charge in [0.15, 0.2) is 5.78 Å². The topological polar surface area (TPSA) is 26.3 Å². The Bertz CT molecular complexity index is 698. The first-order valence-corrected chi connectivity index (χ1v) is 8.11. The van der Waals surface area contributed by atoms with Crippen molar-refractivity contribution in [2.45, 2.75) is 25.7 Å². The van der Waals surface area contributed by atoms with E-state index in [4.69, 9.17) is 4.74 Å². The number of Topliss-reactive ketones (excluding diaryl/α,β-unsaturated/α-hetero) is 1. The first-order chi connectivity index (χ1) is 11.2. The molecule has 0 aliphatic heterocycles. The van der Waals surface area contributed by atoms with E-state index in [1.165, 1.54) is 0 Å². The predicted octanol–water partition coefficient (Wildman–Crippen LogP) is 4.86. The van der Waals surface area contributed by atoms with E-state index < -0.39 is 0 Å². The summed E-state index contributed by atoms with van der Waals surface area (Å²) >= 11 is 0. The first-order valence-electron chi connectivity index (χ1n) is 8.11. The second kappa shape index (κ2) is 6.82. The smallest absolute Gasteiger partial charge is 0.166 e. The number of hydrogen-bond acceptors (Lipinski definition) is 2. The van der Waals surface area contributed by atoms with Crippen molar-refractivity contribution in [1.29, 1.82) is 0 Å². The quantitative estimate of drug-likeness (QED) is 0.757. The van der Waals surface area contributed by atoms with Crippen LogP contribution in [-0.4, -0.2) is 12.9 Å². The molecule has 1 fully saturated rings. The number of allylic oxidation sites excluding steroid dienone is 1. The maximum absolute atomic E-state index is 12.9. The predicted molar refractivity (Wildman–Crippen MR) is 93.6 cm³/mol. The third kappa shape index (κ3) is 3.53. The van der Waals surface area contributed by atoms with E-state index in [9.17, 15) is 4.79 Å². The zero-order chi connectivity index (χ0) is 16.2. The average Bonchev–Trinajstić information content (AvgIpc) is 2.59. The molecule has 2 heteroatoms. The van der Waals surface area contributed by atoms with Crippen LogP contribution in [0.5, 0.6) is 5.75 Å². The normalized spacial score (nSPS) is 23.0. The molecule has 23 heavy (non-hydrogen) atoms. The van der Waals surface area contributed by atoms with Crippen molar-refractivity contribution in [3.05, 3.63) is 71.3 Å². The van der Waals surface area contributed by atoms with E-state index in [1.54, 1.807) is 7.11 Å². The Balaban J connectivity index is 1.88. The molecule has 2 atom stereocenters. The number of hydrogen-bond donors (Lipinski definition) is 0. The summed E-state index contributed by atoms with van der Waals surface area (Å²) in [7, 11) is 1.66. The number of methoxy groups -OCH3 is 1. The van der Waals surface area contributed by atoms with E-state index in [-0.39, 0.29) is 11.7 Å². The molecule has 2 unspecified atom stereocenters. The SMILES string of the molecule is COc1ccc(C=C2CC(C)CC(c3ccccc3)C2=O)cc1. The minimum Gasteiger partial charge on any atom is -0.497 e. The van der Waals surface area contributed by atoms with Crippen LogP contribution in [0.2, 0.25) is 0 Å². The highest BCUT2D eigenvalue weighted by Gasteiger charge is 2.31. The Hall–Kier alpha value is -2.35. The average molecular weight is 306 g/mol. The Kier molecular flexibility index (Phi) is 4.61.